The minimum atomic E-state index is 0.532. The summed E-state index contributed by atoms with van der Waals surface area (Å²) in [6.07, 6.45) is 3.91. The third-order valence-corrected chi connectivity index (χ3v) is 2.72. The first-order valence-electron chi connectivity index (χ1n) is 5.47. The zero-order chi connectivity index (χ0) is 10.2. The molecular weight excluding hydrogens is 160 g/mol. The molecule has 0 aromatic rings. The molecule has 0 aliphatic heterocycles. The molecule has 0 aromatic heterocycles. The topological polar surface area (TPSA) is 24.1 Å². The second-order valence-electron chi connectivity index (χ2n) is 4.47. The molecule has 2 N–H and O–H groups in total. The minimum Gasteiger partial charge on any atom is -0.318 e. The van der Waals surface area contributed by atoms with E-state index < -0.39 is 0 Å². The first-order valence-corrected chi connectivity index (χ1v) is 5.47. The van der Waals surface area contributed by atoms with Gasteiger partial charge in [-0.3, -0.25) is 0 Å². The summed E-state index contributed by atoms with van der Waals surface area (Å²) in [6.45, 7) is 10.3. The number of nitrogens with one attached hydrogen (secondary N) is 2. The molecule has 0 bridgehead atoms. The third-order valence-electron chi connectivity index (χ3n) is 2.72. The van der Waals surface area contributed by atoms with Crippen molar-refractivity contribution in [2.45, 2.75) is 40.0 Å². The van der Waals surface area contributed by atoms with Crippen LogP contribution in [0.5, 0.6) is 0 Å². The van der Waals surface area contributed by atoms with E-state index in [4.69, 9.17) is 0 Å². The molecule has 0 unspecified atom stereocenters. The van der Waals surface area contributed by atoms with E-state index >= 15 is 0 Å². The van der Waals surface area contributed by atoms with Crippen LogP contribution >= 0.6 is 0 Å². The predicted octanol–water partition coefficient (Wildman–Crippen LogP) is 2.01. The Hall–Kier alpha value is -0.0800. The fraction of sp³-hybridized carbons (Fsp3) is 1.00. The van der Waals surface area contributed by atoms with Gasteiger partial charge in [-0.25, -0.2) is 0 Å². The van der Waals surface area contributed by atoms with Crippen LogP contribution in [-0.4, -0.2) is 26.7 Å². The standard InChI is InChI=1S/C11H26N2/c1-5-11(2,3)7-6-8-13-10-9-12-4/h12-13H,5-10H2,1-4H3. The maximum Gasteiger partial charge on any atom is 0.00766 e. The molecule has 0 aliphatic rings. The van der Waals surface area contributed by atoms with Gasteiger partial charge in [-0.2, -0.15) is 0 Å². The van der Waals surface area contributed by atoms with Gasteiger partial charge >= 0.3 is 0 Å². The van der Waals surface area contributed by atoms with E-state index in [9.17, 15) is 0 Å². The summed E-state index contributed by atoms with van der Waals surface area (Å²) in [6, 6.07) is 0. The number of hydrogen-bond donors (Lipinski definition) is 2. The summed E-state index contributed by atoms with van der Waals surface area (Å²) in [5.41, 5.74) is 0.532. The van der Waals surface area contributed by atoms with E-state index in [1.807, 2.05) is 7.05 Å². The molecule has 2 heteroatoms. The van der Waals surface area contributed by atoms with Crippen molar-refractivity contribution < 1.29 is 0 Å². The maximum atomic E-state index is 3.42. The largest absolute Gasteiger partial charge is 0.318 e. The Labute approximate surface area is 83.5 Å². The second kappa shape index (κ2) is 7.34. The SMILES string of the molecule is CCC(C)(C)CCCNCCNC. The van der Waals surface area contributed by atoms with Gasteiger partial charge in [-0.15, -0.1) is 0 Å². The minimum absolute atomic E-state index is 0.532. The van der Waals surface area contributed by atoms with Crippen molar-refractivity contribution >= 4 is 0 Å². The van der Waals surface area contributed by atoms with E-state index in [-0.39, 0.29) is 0 Å². The van der Waals surface area contributed by atoms with Crippen molar-refractivity contribution in [2.75, 3.05) is 26.7 Å². The van der Waals surface area contributed by atoms with Crippen LogP contribution in [0.25, 0.3) is 0 Å². The van der Waals surface area contributed by atoms with E-state index in [1.54, 1.807) is 0 Å². The number of rotatable bonds is 8. The molecule has 0 aliphatic carbocycles. The van der Waals surface area contributed by atoms with Crippen LogP contribution in [0.2, 0.25) is 0 Å². The van der Waals surface area contributed by atoms with Crippen LogP contribution < -0.4 is 10.6 Å². The first-order chi connectivity index (χ1) is 6.12. The quantitative estimate of drug-likeness (QED) is 0.567. The van der Waals surface area contributed by atoms with Crippen LogP contribution in [0.1, 0.15) is 40.0 Å². The lowest BCUT2D eigenvalue weighted by Gasteiger charge is -2.22. The van der Waals surface area contributed by atoms with Gasteiger partial charge in [-0.1, -0.05) is 27.2 Å². The summed E-state index contributed by atoms with van der Waals surface area (Å²) in [7, 11) is 1.99. The van der Waals surface area contributed by atoms with Crippen molar-refractivity contribution in [1.82, 2.24) is 10.6 Å². The van der Waals surface area contributed by atoms with Gasteiger partial charge in [0.05, 0.1) is 0 Å². The summed E-state index contributed by atoms with van der Waals surface area (Å²) < 4.78 is 0. The molecule has 0 radical (unpaired) electrons. The van der Waals surface area contributed by atoms with E-state index in [0.717, 1.165) is 19.6 Å². The van der Waals surface area contributed by atoms with Crippen molar-refractivity contribution in [1.29, 1.82) is 0 Å². The highest BCUT2D eigenvalue weighted by molar-refractivity contribution is 4.66. The van der Waals surface area contributed by atoms with Gasteiger partial charge in [0.25, 0.3) is 0 Å². The molecule has 0 atom stereocenters. The summed E-state index contributed by atoms with van der Waals surface area (Å²) in [5.74, 6) is 0. The van der Waals surface area contributed by atoms with Gasteiger partial charge in [0.1, 0.15) is 0 Å². The molecule has 0 saturated carbocycles. The van der Waals surface area contributed by atoms with Crippen LogP contribution in [0.4, 0.5) is 0 Å². The lowest BCUT2D eigenvalue weighted by Crippen LogP contribution is -2.26. The molecule has 0 rings (SSSR count). The molecule has 80 valence electrons. The molecule has 0 spiro atoms. The Kier molecular flexibility index (Phi) is 7.29. The van der Waals surface area contributed by atoms with E-state index in [0.29, 0.717) is 5.41 Å². The van der Waals surface area contributed by atoms with Crippen molar-refractivity contribution in [3.05, 3.63) is 0 Å². The second-order valence-corrected chi connectivity index (χ2v) is 4.47. The highest BCUT2D eigenvalue weighted by atomic mass is 14.9. The molecule has 0 saturated heterocycles. The van der Waals surface area contributed by atoms with Crippen LogP contribution in [-0.2, 0) is 0 Å². The van der Waals surface area contributed by atoms with E-state index in [1.165, 1.54) is 19.3 Å². The maximum absolute atomic E-state index is 3.42. The Morgan fingerprint density at radius 3 is 2.31 bits per heavy atom. The van der Waals surface area contributed by atoms with Crippen LogP contribution in [0, 0.1) is 5.41 Å². The average Bonchev–Trinajstić information content (AvgIpc) is 2.11. The predicted molar refractivity (Wildman–Crippen MR) is 60.1 cm³/mol. The number of hydrogen-bond acceptors (Lipinski definition) is 2. The molecular formula is C11H26N2. The van der Waals surface area contributed by atoms with Crippen molar-refractivity contribution in [2.24, 2.45) is 5.41 Å². The lowest BCUT2D eigenvalue weighted by molar-refractivity contribution is 0.310. The van der Waals surface area contributed by atoms with Gasteiger partial charge < -0.3 is 10.6 Å². The van der Waals surface area contributed by atoms with Crippen molar-refractivity contribution in [3.63, 3.8) is 0 Å². The molecule has 0 aromatic carbocycles. The number of likely N-dealkylation sites (N-methyl/N-ethyl adjacent to an activating group) is 1. The van der Waals surface area contributed by atoms with Gasteiger partial charge in [0.2, 0.25) is 0 Å². The fourth-order valence-electron chi connectivity index (χ4n) is 1.21. The first kappa shape index (κ1) is 12.9. The monoisotopic (exact) mass is 186 g/mol. The van der Waals surface area contributed by atoms with Gasteiger partial charge in [-0.05, 0) is 31.8 Å². The molecule has 2 nitrogen and oxygen atoms in total. The third kappa shape index (κ3) is 8.26. The highest BCUT2D eigenvalue weighted by Crippen LogP contribution is 2.25. The molecule has 13 heavy (non-hydrogen) atoms. The highest BCUT2D eigenvalue weighted by Gasteiger charge is 2.13. The average molecular weight is 186 g/mol. The molecule has 0 heterocycles. The van der Waals surface area contributed by atoms with Crippen molar-refractivity contribution in [3.8, 4) is 0 Å². The fourth-order valence-corrected chi connectivity index (χ4v) is 1.21. The Morgan fingerprint density at radius 1 is 1.08 bits per heavy atom. The van der Waals surface area contributed by atoms with Crippen LogP contribution in [0.15, 0.2) is 0 Å². The lowest BCUT2D eigenvalue weighted by atomic mass is 9.85. The van der Waals surface area contributed by atoms with Gasteiger partial charge in [0.15, 0.2) is 0 Å². The zero-order valence-corrected chi connectivity index (χ0v) is 9.74. The normalized spacial score (nSPS) is 12.0. The van der Waals surface area contributed by atoms with Crippen LogP contribution in [0.3, 0.4) is 0 Å². The molecule has 0 fully saturated rings. The smallest absolute Gasteiger partial charge is 0.00766 e. The Balaban J connectivity index is 3.16. The Bertz CT molecular complexity index is 111. The zero-order valence-electron chi connectivity index (χ0n) is 9.74. The summed E-state index contributed by atoms with van der Waals surface area (Å²) >= 11 is 0. The Morgan fingerprint density at radius 2 is 1.77 bits per heavy atom. The summed E-state index contributed by atoms with van der Waals surface area (Å²) in [5, 5.41) is 6.54. The summed E-state index contributed by atoms with van der Waals surface area (Å²) in [4.78, 5) is 0. The van der Waals surface area contributed by atoms with E-state index in [2.05, 4.69) is 31.4 Å². The van der Waals surface area contributed by atoms with Gasteiger partial charge in [0, 0.05) is 13.1 Å². The molecule has 0 amide bonds.